The molecule has 1 N–H and O–H groups in total. The van der Waals surface area contributed by atoms with Crippen LogP contribution in [0.3, 0.4) is 0 Å². The monoisotopic (exact) mass is 198 g/mol. The van der Waals surface area contributed by atoms with Crippen LogP contribution in [-0.2, 0) is 0 Å². The van der Waals surface area contributed by atoms with Gasteiger partial charge in [-0.1, -0.05) is 0 Å². The van der Waals surface area contributed by atoms with Crippen LogP contribution in [0.15, 0.2) is 11.1 Å². The maximum atomic E-state index is 12.9. The molecule has 0 aromatic rings. The van der Waals surface area contributed by atoms with Crippen molar-refractivity contribution >= 4 is 0 Å². The fourth-order valence-electron chi connectivity index (χ4n) is 1.50. The molecule has 0 aromatic carbocycles. The summed E-state index contributed by atoms with van der Waals surface area (Å²) in [4.78, 5) is 0. The second kappa shape index (κ2) is 3.65. The Morgan fingerprint density at radius 2 is 2.00 bits per heavy atom. The highest BCUT2D eigenvalue weighted by Crippen LogP contribution is 2.37. The van der Waals surface area contributed by atoms with E-state index in [9.17, 15) is 17.6 Å². The molecule has 0 aliphatic heterocycles. The molecule has 0 saturated heterocycles. The van der Waals surface area contributed by atoms with Gasteiger partial charge < -0.3 is 5.11 Å². The lowest BCUT2D eigenvalue weighted by atomic mass is 9.90. The lowest BCUT2D eigenvalue weighted by molar-refractivity contribution is -0.0974. The summed E-state index contributed by atoms with van der Waals surface area (Å²) in [6, 6.07) is 0. The average Bonchev–Trinajstić information content (AvgIpc) is 2.02. The highest BCUT2D eigenvalue weighted by molar-refractivity contribution is 5.25. The van der Waals surface area contributed by atoms with Gasteiger partial charge in [0.05, 0.1) is 6.61 Å². The molecule has 1 atom stereocenters. The fourth-order valence-corrected chi connectivity index (χ4v) is 1.50. The lowest BCUT2D eigenvalue weighted by Gasteiger charge is -2.23. The topological polar surface area (TPSA) is 20.2 Å². The van der Waals surface area contributed by atoms with Gasteiger partial charge in [-0.25, -0.2) is 4.39 Å². The summed E-state index contributed by atoms with van der Waals surface area (Å²) in [6.45, 7) is -0.837. The number of hydrogen-bond acceptors (Lipinski definition) is 1. The minimum atomic E-state index is -4.50. The zero-order valence-electron chi connectivity index (χ0n) is 6.86. The predicted molar refractivity (Wildman–Crippen MR) is 38.9 cm³/mol. The van der Waals surface area contributed by atoms with E-state index in [0.29, 0.717) is 0 Å². The number of aliphatic hydroxyl groups is 1. The Morgan fingerprint density at radius 1 is 1.38 bits per heavy atom. The van der Waals surface area contributed by atoms with Crippen molar-refractivity contribution in [1.29, 1.82) is 0 Å². The molecular formula is C8H10F4O. The summed E-state index contributed by atoms with van der Waals surface area (Å²) in [6.07, 6.45) is -6.03. The molecule has 0 bridgehead atoms. The van der Waals surface area contributed by atoms with Crippen LogP contribution in [-0.4, -0.2) is 24.1 Å². The van der Waals surface area contributed by atoms with E-state index in [0.717, 1.165) is 0 Å². The third-order valence-electron chi connectivity index (χ3n) is 2.16. The molecule has 1 rings (SSSR count). The van der Waals surface area contributed by atoms with Crippen LogP contribution in [0, 0.1) is 0 Å². The SMILES string of the molecule is OCC1=C(C(F)(F)F)CCCC1F. The normalized spacial score (nSPS) is 25.2. The van der Waals surface area contributed by atoms with Crippen molar-refractivity contribution in [2.24, 2.45) is 0 Å². The maximum Gasteiger partial charge on any atom is 0.412 e. The van der Waals surface area contributed by atoms with Crippen molar-refractivity contribution in [3.8, 4) is 0 Å². The maximum absolute atomic E-state index is 12.9. The molecule has 76 valence electrons. The summed E-state index contributed by atoms with van der Waals surface area (Å²) in [5.41, 5.74) is -1.37. The van der Waals surface area contributed by atoms with Crippen molar-refractivity contribution < 1.29 is 22.7 Å². The molecule has 0 fully saturated rings. The van der Waals surface area contributed by atoms with Gasteiger partial charge >= 0.3 is 6.18 Å². The first-order chi connectivity index (χ1) is 5.96. The van der Waals surface area contributed by atoms with Gasteiger partial charge in [0, 0.05) is 5.57 Å². The van der Waals surface area contributed by atoms with Crippen LogP contribution in [0.5, 0.6) is 0 Å². The molecule has 5 heteroatoms. The van der Waals surface area contributed by atoms with Crippen LogP contribution >= 0.6 is 0 Å². The van der Waals surface area contributed by atoms with E-state index in [1.54, 1.807) is 0 Å². The Bertz CT molecular complexity index is 219. The van der Waals surface area contributed by atoms with Crippen molar-refractivity contribution in [2.45, 2.75) is 31.6 Å². The molecule has 1 nitrogen and oxygen atoms in total. The highest BCUT2D eigenvalue weighted by Gasteiger charge is 2.39. The van der Waals surface area contributed by atoms with E-state index in [4.69, 9.17) is 5.11 Å². The van der Waals surface area contributed by atoms with Crippen LogP contribution in [0.2, 0.25) is 0 Å². The quantitative estimate of drug-likeness (QED) is 0.506. The lowest BCUT2D eigenvalue weighted by Crippen LogP contribution is -2.24. The average molecular weight is 198 g/mol. The molecule has 0 aromatic heterocycles. The van der Waals surface area contributed by atoms with E-state index in [1.165, 1.54) is 0 Å². The molecular weight excluding hydrogens is 188 g/mol. The molecule has 0 radical (unpaired) electrons. The predicted octanol–water partition coefficient (Wildman–Crippen LogP) is 2.36. The zero-order chi connectivity index (χ0) is 10.1. The van der Waals surface area contributed by atoms with Gasteiger partial charge in [-0.3, -0.25) is 0 Å². The Kier molecular flexibility index (Phi) is 2.95. The summed E-state index contributed by atoms with van der Waals surface area (Å²) in [7, 11) is 0. The number of hydrogen-bond donors (Lipinski definition) is 1. The van der Waals surface area contributed by atoms with E-state index < -0.39 is 30.1 Å². The Hall–Kier alpha value is -0.580. The molecule has 0 spiro atoms. The van der Waals surface area contributed by atoms with Crippen LogP contribution in [0.4, 0.5) is 17.6 Å². The number of aliphatic hydroxyl groups excluding tert-OH is 1. The molecule has 1 aliphatic rings. The van der Waals surface area contributed by atoms with Gasteiger partial charge in [-0.05, 0) is 24.8 Å². The van der Waals surface area contributed by atoms with E-state index in [-0.39, 0.29) is 19.3 Å². The highest BCUT2D eigenvalue weighted by atomic mass is 19.4. The standard InChI is InChI=1S/C8H10F4O/c9-7-3-1-2-6(5(7)4-13)8(10,11)12/h7,13H,1-4H2. The zero-order valence-corrected chi connectivity index (χ0v) is 6.86. The largest absolute Gasteiger partial charge is 0.412 e. The minimum absolute atomic E-state index is 0.0788. The summed E-state index contributed by atoms with van der Waals surface area (Å²) < 4.78 is 49.6. The number of allylic oxidation sites excluding steroid dienone is 1. The van der Waals surface area contributed by atoms with Crippen LogP contribution in [0.1, 0.15) is 19.3 Å². The van der Waals surface area contributed by atoms with Crippen LogP contribution in [0.25, 0.3) is 0 Å². The fraction of sp³-hybridized carbons (Fsp3) is 0.750. The first kappa shape index (κ1) is 10.5. The molecule has 1 aliphatic carbocycles. The van der Waals surface area contributed by atoms with Gasteiger partial charge in [-0.15, -0.1) is 0 Å². The van der Waals surface area contributed by atoms with Crippen molar-refractivity contribution in [1.82, 2.24) is 0 Å². The third-order valence-corrected chi connectivity index (χ3v) is 2.16. The van der Waals surface area contributed by atoms with Gasteiger partial charge in [0.1, 0.15) is 6.17 Å². The van der Waals surface area contributed by atoms with Gasteiger partial charge in [0.15, 0.2) is 0 Å². The van der Waals surface area contributed by atoms with E-state index in [2.05, 4.69) is 0 Å². The first-order valence-corrected chi connectivity index (χ1v) is 4.01. The number of alkyl halides is 4. The second-order valence-electron chi connectivity index (χ2n) is 3.02. The van der Waals surface area contributed by atoms with Gasteiger partial charge in [-0.2, -0.15) is 13.2 Å². The first-order valence-electron chi connectivity index (χ1n) is 4.01. The molecule has 0 amide bonds. The molecule has 0 heterocycles. The second-order valence-corrected chi connectivity index (χ2v) is 3.02. The molecule has 1 unspecified atom stereocenters. The summed E-state index contributed by atoms with van der Waals surface area (Å²) >= 11 is 0. The smallest absolute Gasteiger partial charge is 0.392 e. The van der Waals surface area contributed by atoms with E-state index >= 15 is 0 Å². The Morgan fingerprint density at radius 3 is 2.38 bits per heavy atom. The third kappa shape index (κ3) is 2.21. The van der Waals surface area contributed by atoms with Gasteiger partial charge in [0.2, 0.25) is 0 Å². The summed E-state index contributed by atoms with van der Waals surface area (Å²) in [5.74, 6) is 0. The van der Waals surface area contributed by atoms with Crippen molar-refractivity contribution in [3.63, 3.8) is 0 Å². The number of halogens is 4. The van der Waals surface area contributed by atoms with Crippen molar-refractivity contribution in [3.05, 3.63) is 11.1 Å². The molecule has 13 heavy (non-hydrogen) atoms. The van der Waals surface area contributed by atoms with Crippen molar-refractivity contribution in [2.75, 3.05) is 6.61 Å². The molecule has 0 saturated carbocycles. The number of rotatable bonds is 1. The van der Waals surface area contributed by atoms with Gasteiger partial charge in [0.25, 0.3) is 0 Å². The summed E-state index contributed by atoms with van der Waals surface area (Å²) in [5, 5.41) is 8.60. The Balaban J connectivity index is 3.00. The van der Waals surface area contributed by atoms with Crippen LogP contribution < -0.4 is 0 Å². The van der Waals surface area contributed by atoms with E-state index in [1.807, 2.05) is 0 Å². The minimum Gasteiger partial charge on any atom is -0.392 e. The Labute approximate surface area is 73.1 Å².